The summed E-state index contributed by atoms with van der Waals surface area (Å²) in [5, 5.41) is 9.71. The molecule has 0 amide bonds. The van der Waals surface area contributed by atoms with Crippen molar-refractivity contribution in [2.24, 2.45) is 0 Å². The van der Waals surface area contributed by atoms with Gasteiger partial charge in [0.15, 0.2) is 0 Å². The fourth-order valence-electron chi connectivity index (χ4n) is 3.93. The molecule has 1 saturated carbocycles. The van der Waals surface area contributed by atoms with Crippen molar-refractivity contribution in [1.82, 2.24) is 4.90 Å². The van der Waals surface area contributed by atoms with E-state index in [1.165, 1.54) is 31.4 Å². The lowest BCUT2D eigenvalue weighted by molar-refractivity contribution is 0.00645. The molecular formula is C26H32Cl2FNO3. The van der Waals surface area contributed by atoms with Crippen molar-refractivity contribution in [2.75, 3.05) is 13.1 Å². The zero-order valence-electron chi connectivity index (χ0n) is 19.5. The second-order valence-electron chi connectivity index (χ2n) is 9.77. The first-order valence-electron chi connectivity index (χ1n) is 11.4. The van der Waals surface area contributed by atoms with Crippen molar-refractivity contribution in [2.45, 2.75) is 70.9 Å². The first-order valence-corrected chi connectivity index (χ1v) is 12.2. The lowest BCUT2D eigenvalue weighted by Gasteiger charge is -2.27. The maximum absolute atomic E-state index is 14.6. The highest BCUT2D eigenvalue weighted by Crippen LogP contribution is 2.43. The molecule has 33 heavy (non-hydrogen) atoms. The van der Waals surface area contributed by atoms with E-state index in [1.54, 1.807) is 39.0 Å². The van der Waals surface area contributed by atoms with Gasteiger partial charge in [0.25, 0.3) is 0 Å². The molecule has 0 radical (unpaired) electrons. The summed E-state index contributed by atoms with van der Waals surface area (Å²) in [7, 11) is 0. The van der Waals surface area contributed by atoms with Crippen LogP contribution in [0.25, 0.3) is 0 Å². The van der Waals surface area contributed by atoms with Gasteiger partial charge in [0.05, 0.1) is 5.56 Å². The van der Waals surface area contributed by atoms with Crippen molar-refractivity contribution in [3.05, 3.63) is 62.9 Å². The van der Waals surface area contributed by atoms with Crippen LogP contribution in [0.3, 0.4) is 0 Å². The number of likely N-dealkylation sites (tertiary alicyclic amines) is 1. The molecule has 0 bridgehead atoms. The Kier molecular flexibility index (Phi) is 8.65. The predicted molar refractivity (Wildman–Crippen MR) is 131 cm³/mol. The molecule has 1 N–H and O–H groups in total. The van der Waals surface area contributed by atoms with Gasteiger partial charge in [-0.3, -0.25) is 4.90 Å². The van der Waals surface area contributed by atoms with E-state index in [0.29, 0.717) is 16.0 Å². The molecule has 1 heterocycles. The molecule has 1 saturated heterocycles. The molecule has 2 aromatic carbocycles. The van der Waals surface area contributed by atoms with Gasteiger partial charge in [0.2, 0.25) is 0 Å². The third kappa shape index (κ3) is 8.16. The number of aromatic hydroxyl groups is 1. The number of rotatable bonds is 4. The van der Waals surface area contributed by atoms with Crippen molar-refractivity contribution in [3.8, 4) is 5.75 Å². The van der Waals surface area contributed by atoms with Crippen LogP contribution in [0.4, 0.5) is 4.39 Å². The predicted octanol–water partition coefficient (Wildman–Crippen LogP) is 7.34. The molecule has 4 rings (SSSR count). The minimum Gasteiger partial charge on any atom is -0.508 e. The summed E-state index contributed by atoms with van der Waals surface area (Å²) in [5.41, 5.74) is 1.65. The fourth-order valence-corrected chi connectivity index (χ4v) is 4.44. The minimum atomic E-state index is -0.615. The summed E-state index contributed by atoms with van der Waals surface area (Å²) < 4.78 is 19.9. The molecule has 1 aliphatic carbocycles. The summed E-state index contributed by atoms with van der Waals surface area (Å²) in [6.45, 7) is 8.36. The third-order valence-corrected chi connectivity index (χ3v) is 5.99. The van der Waals surface area contributed by atoms with Gasteiger partial charge in [-0.15, -0.1) is 0 Å². The highest BCUT2D eigenvalue weighted by Gasteiger charge is 2.30. The van der Waals surface area contributed by atoms with E-state index >= 15 is 0 Å². The summed E-state index contributed by atoms with van der Waals surface area (Å²) in [5.74, 6) is -0.453. The molecule has 0 aromatic heterocycles. The first-order chi connectivity index (χ1) is 15.5. The van der Waals surface area contributed by atoms with Gasteiger partial charge in [-0.1, -0.05) is 29.6 Å². The first kappa shape index (κ1) is 25.8. The van der Waals surface area contributed by atoms with Gasteiger partial charge in [-0.2, -0.15) is 0 Å². The standard InChI is InChI=1S/C20H28FNO2.C6H4Cl2O/c1-20(2,3)24-19(23)17-12-16(14-7-8-14)15(11-18(17)21)13-22-9-5-4-6-10-22;7-4-1-5(8)3-6(9)2-4/h11-12,14H,4-10,13H2,1-3H3;1-3,9H. The van der Waals surface area contributed by atoms with Crippen LogP contribution in [0.2, 0.25) is 10.0 Å². The van der Waals surface area contributed by atoms with Crippen molar-refractivity contribution < 1.29 is 19.0 Å². The third-order valence-electron chi connectivity index (χ3n) is 5.55. The van der Waals surface area contributed by atoms with E-state index < -0.39 is 17.4 Å². The number of piperidine rings is 1. The van der Waals surface area contributed by atoms with Gasteiger partial charge in [0.1, 0.15) is 17.2 Å². The minimum absolute atomic E-state index is 0.0780. The van der Waals surface area contributed by atoms with E-state index in [4.69, 9.17) is 33.0 Å². The Hall–Kier alpha value is -1.82. The average Bonchev–Trinajstić information content (AvgIpc) is 3.52. The van der Waals surface area contributed by atoms with E-state index in [1.807, 2.05) is 0 Å². The molecule has 4 nitrogen and oxygen atoms in total. The Bertz CT molecular complexity index is 930. The highest BCUT2D eigenvalue weighted by atomic mass is 35.5. The molecule has 2 aliphatic rings. The number of nitrogens with zero attached hydrogens (tertiary/aromatic N) is 1. The Labute approximate surface area is 205 Å². The smallest absolute Gasteiger partial charge is 0.341 e. The van der Waals surface area contributed by atoms with Crippen LogP contribution >= 0.6 is 23.2 Å². The Morgan fingerprint density at radius 2 is 1.67 bits per heavy atom. The van der Waals surface area contributed by atoms with Gasteiger partial charge in [0, 0.05) is 16.6 Å². The number of hydrogen-bond donors (Lipinski definition) is 1. The molecule has 0 spiro atoms. The largest absolute Gasteiger partial charge is 0.508 e. The van der Waals surface area contributed by atoms with Crippen LogP contribution in [0.15, 0.2) is 30.3 Å². The highest BCUT2D eigenvalue weighted by molar-refractivity contribution is 6.34. The van der Waals surface area contributed by atoms with E-state index in [9.17, 15) is 9.18 Å². The number of hydrogen-bond acceptors (Lipinski definition) is 4. The topological polar surface area (TPSA) is 49.8 Å². The van der Waals surface area contributed by atoms with Gasteiger partial charge >= 0.3 is 5.97 Å². The molecule has 7 heteroatoms. The Morgan fingerprint density at radius 3 is 2.18 bits per heavy atom. The van der Waals surface area contributed by atoms with Crippen LogP contribution < -0.4 is 0 Å². The van der Waals surface area contributed by atoms with E-state index in [0.717, 1.165) is 43.6 Å². The SMILES string of the molecule is CC(C)(C)OC(=O)c1cc(C2CC2)c(CN2CCCCC2)cc1F.Oc1cc(Cl)cc(Cl)c1. The zero-order chi connectivity index (χ0) is 24.2. The second-order valence-corrected chi connectivity index (χ2v) is 10.6. The number of halogens is 3. The lowest BCUT2D eigenvalue weighted by atomic mass is 9.98. The molecule has 1 aliphatic heterocycles. The number of carbonyl (C=O) groups is 1. The molecule has 180 valence electrons. The van der Waals surface area contributed by atoms with E-state index in [-0.39, 0.29) is 11.3 Å². The molecular weight excluding hydrogens is 464 g/mol. The summed E-state index contributed by atoms with van der Waals surface area (Å²) in [6, 6.07) is 7.73. The molecule has 0 unspecified atom stereocenters. The molecule has 2 fully saturated rings. The van der Waals surface area contributed by atoms with Gasteiger partial charge in [-0.25, -0.2) is 9.18 Å². The van der Waals surface area contributed by atoms with Gasteiger partial charge in [-0.05, 0) is 107 Å². The van der Waals surface area contributed by atoms with Crippen LogP contribution in [0.5, 0.6) is 5.75 Å². The average molecular weight is 496 g/mol. The summed E-state index contributed by atoms with van der Waals surface area (Å²) >= 11 is 11.0. The Morgan fingerprint density at radius 1 is 1.06 bits per heavy atom. The zero-order valence-corrected chi connectivity index (χ0v) is 21.0. The van der Waals surface area contributed by atoms with Gasteiger partial charge < -0.3 is 9.84 Å². The lowest BCUT2D eigenvalue weighted by Crippen LogP contribution is -2.29. The number of carbonyl (C=O) groups excluding carboxylic acids is 1. The van der Waals surface area contributed by atoms with Crippen LogP contribution in [-0.4, -0.2) is 34.7 Å². The van der Waals surface area contributed by atoms with Crippen LogP contribution in [0, 0.1) is 5.82 Å². The molecule has 2 aromatic rings. The summed E-state index contributed by atoms with van der Waals surface area (Å²) in [4.78, 5) is 14.7. The number of benzene rings is 2. The normalized spacial score (nSPS) is 16.7. The van der Waals surface area contributed by atoms with Crippen LogP contribution in [-0.2, 0) is 11.3 Å². The number of phenolic OH excluding ortho intramolecular Hbond substituents is 1. The van der Waals surface area contributed by atoms with E-state index in [2.05, 4.69) is 4.90 Å². The number of ether oxygens (including phenoxy) is 1. The van der Waals surface area contributed by atoms with Crippen molar-refractivity contribution in [3.63, 3.8) is 0 Å². The number of phenols is 1. The maximum atomic E-state index is 14.6. The number of esters is 1. The summed E-state index contributed by atoms with van der Waals surface area (Å²) in [6.07, 6.45) is 5.99. The van der Waals surface area contributed by atoms with Crippen LogP contribution in [0.1, 0.15) is 80.3 Å². The van der Waals surface area contributed by atoms with Crippen molar-refractivity contribution in [1.29, 1.82) is 0 Å². The van der Waals surface area contributed by atoms with Crippen molar-refractivity contribution >= 4 is 29.2 Å². The Balaban J connectivity index is 0.000000286. The fraction of sp³-hybridized carbons (Fsp3) is 0.500. The monoisotopic (exact) mass is 495 g/mol. The maximum Gasteiger partial charge on any atom is 0.341 e. The molecule has 0 atom stereocenters. The quantitative estimate of drug-likeness (QED) is 0.450. The second kappa shape index (κ2) is 11.1.